The summed E-state index contributed by atoms with van der Waals surface area (Å²) < 4.78 is 37.6. The van der Waals surface area contributed by atoms with Crippen LogP contribution in [0.25, 0.3) is 0 Å². The van der Waals surface area contributed by atoms with E-state index >= 15 is 0 Å². The summed E-state index contributed by atoms with van der Waals surface area (Å²) in [4.78, 5) is 0. The molecule has 0 aliphatic heterocycles. The highest BCUT2D eigenvalue weighted by atomic mass is 32.2. The van der Waals surface area contributed by atoms with Gasteiger partial charge in [0.25, 0.3) is 10.2 Å². The summed E-state index contributed by atoms with van der Waals surface area (Å²) in [7, 11) is -1.99. The number of hydrogen-bond acceptors (Lipinski definition) is 5. The van der Waals surface area contributed by atoms with Crippen molar-refractivity contribution in [3.05, 3.63) is 24.3 Å². The molecule has 0 bridgehead atoms. The molecular formula is C11H19N3O4S. The van der Waals surface area contributed by atoms with E-state index in [9.17, 15) is 8.42 Å². The number of hydrogen-bond donors (Lipinski definition) is 3. The molecule has 4 N–H and O–H groups in total. The number of nitrogen functional groups attached to an aromatic ring is 1. The van der Waals surface area contributed by atoms with Crippen LogP contribution in [0, 0.1) is 0 Å². The van der Waals surface area contributed by atoms with Crippen LogP contribution in [0.3, 0.4) is 0 Å². The predicted molar refractivity (Wildman–Crippen MR) is 73.2 cm³/mol. The lowest BCUT2D eigenvalue weighted by Crippen LogP contribution is -2.39. The molecule has 0 unspecified atom stereocenters. The number of rotatable bonds is 9. The van der Waals surface area contributed by atoms with Crippen molar-refractivity contribution in [3.8, 4) is 5.75 Å². The van der Waals surface area contributed by atoms with Crippen LogP contribution in [0.2, 0.25) is 0 Å². The zero-order chi connectivity index (χ0) is 14.1. The van der Waals surface area contributed by atoms with Crippen molar-refractivity contribution in [1.82, 2.24) is 9.44 Å². The monoisotopic (exact) mass is 289 g/mol. The van der Waals surface area contributed by atoms with Gasteiger partial charge in [-0.25, -0.2) is 0 Å². The normalized spacial score (nSPS) is 11.4. The van der Waals surface area contributed by atoms with Crippen LogP contribution in [-0.2, 0) is 14.9 Å². The Morgan fingerprint density at radius 2 is 1.68 bits per heavy atom. The van der Waals surface area contributed by atoms with E-state index in [2.05, 4.69) is 9.44 Å². The Morgan fingerprint density at radius 3 is 2.26 bits per heavy atom. The highest BCUT2D eigenvalue weighted by molar-refractivity contribution is 7.87. The van der Waals surface area contributed by atoms with Gasteiger partial charge in [-0.15, -0.1) is 0 Å². The van der Waals surface area contributed by atoms with Gasteiger partial charge in [0.2, 0.25) is 0 Å². The largest absolute Gasteiger partial charge is 0.492 e. The van der Waals surface area contributed by atoms with Crippen LogP contribution < -0.4 is 19.9 Å². The molecule has 0 radical (unpaired) electrons. The van der Waals surface area contributed by atoms with E-state index in [0.717, 1.165) is 0 Å². The first-order chi connectivity index (χ1) is 9.03. The van der Waals surface area contributed by atoms with E-state index < -0.39 is 10.2 Å². The second kappa shape index (κ2) is 7.95. The molecular weight excluding hydrogens is 270 g/mol. The molecule has 0 aliphatic rings. The second-order valence-electron chi connectivity index (χ2n) is 3.70. The third kappa shape index (κ3) is 6.97. The zero-order valence-corrected chi connectivity index (χ0v) is 11.6. The fraction of sp³-hybridized carbons (Fsp3) is 0.455. The summed E-state index contributed by atoms with van der Waals surface area (Å²) in [6.45, 7) is 0.954. The van der Waals surface area contributed by atoms with Crippen LogP contribution in [0.15, 0.2) is 24.3 Å². The summed E-state index contributed by atoms with van der Waals surface area (Å²) in [6.07, 6.45) is 0. The van der Waals surface area contributed by atoms with Crippen LogP contribution in [0.4, 0.5) is 5.69 Å². The van der Waals surface area contributed by atoms with E-state index in [1.807, 2.05) is 0 Å². The molecule has 0 spiro atoms. The van der Waals surface area contributed by atoms with Crippen molar-refractivity contribution in [2.75, 3.05) is 39.1 Å². The number of benzene rings is 1. The highest BCUT2D eigenvalue weighted by Gasteiger charge is 2.07. The molecule has 0 amide bonds. The van der Waals surface area contributed by atoms with Crippen LogP contribution in [0.5, 0.6) is 5.75 Å². The van der Waals surface area contributed by atoms with Crippen molar-refractivity contribution in [2.45, 2.75) is 0 Å². The number of nitrogens with one attached hydrogen (secondary N) is 2. The fourth-order valence-electron chi connectivity index (χ4n) is 1.24. The van der Waals surface area contributed by atoms with Crippen molar-refractivity contribution >= 4 is 15.9 Å². The molecule has 8 heteroatoms. The molecule has 0 heterocycles. The average Bonchev–Trinajstić information content (AvgIpc) is 2.37. The maximum atomic E-state index is 11.4. The Labute approximate surface area is 113 Å². The van der Waals surface area contributed by atoms with Gasteiger partial charge in [-0.3, -0.25) is 0 Å². The Balaban J connectivity index is 2.21. The predicted octanol–water partition coefficient (Wildman–Crippen LogP) is -0.282. The summed E-state index contributed by atoms with van der Waals surface area (Å²) in [5.41, 5.74) is 6.18. The number of ether oxygens (including phenoxy) is 2. The minimum atomic E-state index is -3.49. The van der Waals surface area contributed by atoms with Gasteiger partial charge in [0.05, 0.1) is 6.61 Å². The maximum Gasteiger partial charge on any atom is 0.277 e. The smallest absolute Gasteiger partial charge is 0.277 e. The van der Waals surface area contributed by atoms with Crippen molar-refractivity contribution < 1.29 is 17.9 Å². The molecule has 0 saturated heterocycles. The average molecular weight is 289 g/mol. The Hall–Kier alpha value is -1.35. The first-order valence-electron chi connectivity index (χ1n) is 5.75. The van der Waals surface area contributed by atoms with Gasteiger partial charge >= 0.3 is 0 Å². The molecule has 1 aromatic carbocycles. The molecule has 0 aromatic heterocycles. The summed E-state index contributed by atoms with van der Waals surface area (Å²) in [5.74, 6) is 0.640. The Morgan fingerprint density at radius 1 is 1.11 bits per heavy atom. The van der Waals surface area contributed by atoms with Gasteiger partial charge < -0.3 is 15.2 Å². The number of anilines is 1. The van der Waals surface area contributed by atoms with Crippen molar-refractivity contribution in [3.63, 3.8) is 0 Å². The minimum Gasteiger partial charge on any atom is -0.492 e. The molecule has 0 fully saturated rings. The van der Waals surface area contributed by atoms with E-state index in [1.165, 1.54) is 7.11 Å². The first kappa shape index (κ1) is 15.7. The lowest BCUT2D eigenvalue weighted by atomic mass is 10.3. The molecule has 1 rings (SSSR count). The quantitative estimate of drug-likeness (QED) is 0.428. The molecule has 7 nitrogen and oxygen atoms in total. The second-order valence-corrected chi connectivity index (χ2v) is 5.29. The fourth-order valence-corrected chi connectivity index (χ4v) is 2.04. The van der Waals surface area contributed by atoms with Gasteiger partial charge in [-0.1, -0.05) is 0 Å². The molecule has 0 saturated carbocycles. The topological polar surface area (TPSA) is 103 Å². The number of methoxy groups -OCH3 is 1. The van der Waals surface area contributed by atoms with Crippen molar-refractivity contribution in [2.24, 2.45) is 0 Å². The van der Waals surface area contributed by atoms with Gasteiger partial charge in [0.15, 0.2) is 0 Å². The standard InChI is InChI=1S/C11H19N3O4S/c1-17-8-6-13-19(15,16)14-7-9-18-11-4-2-10(12)3-5-11/h2-5,13-14H,6-9,12H2,1H3. The molecule has 108 valence electrons. The third-order valence-electron chi connectivity index (χ3n) is 2.14. The molecule has 1 aromatic rings. The van der Waals surface area contributed by atoms with Crippen LogP contribution >= 0.6 is 0 Å². The Kier molecular flexibility index (Phi) is 6.57. The minimum absolute atomic E-state index is 0.173. The lowest BCUT2D eigenvalue weighted by Gasteiger charge is -2.09. The SMILES string of the molecule is COCCNS(=O)(=O)NCCOc1ccc(N)cc1. The van der Waals surface area contributed by atoms with Crippen LogP contribution in [0.1, 0.15) is 0 Å². The maximum absolute atomic E-state index is 11.4. The summed E-state index contributed by atoms with van der Waals surface area (Å²) in [6, 6.07) is 6.87. The molecule has 19 heavy (non-hydrogen) atoms. The highest BCUT2D eigenvalue weighted by Crippen LogP contribution is 2.12. The van der Waals surface area contributed by atoms with E-state index in [1.54, 1.807) is 24.3 Å². The molecule has 0 aliphatic carbocycles. The van der Waals surface area contributed by atoms with E-state index in [4.69, 9.17) is 15.2 Å². The molecule has 0 atom stereocenters. The summed E-state index contributed by atoms with van der Waals surface area (Å²) >= 11 is 0. The van der Waals surface area contributed by atoms with Gasteiger partial charge in [-0.05, 0) is 24.3 Å². The summed E-state index contributed by atoms with van der Waals surface area (Å²) in [5, 5.41) is 0. The van der Waals surface area contributed by atoms with Gasteiger partial charge in [0, 0.05) is 25.9 Å². The van der Waals surface area contributed by atoms with Crippen LogP contribution in [-0.4, -0.2) is 41.8 Å². The lowest BCUT2D eigenvalue weighted by molar-refractivity contribution is 0.204. The number of nitrogens with two attached hydrogens (primary N) is 1. The van der Waals surface area contributed by atoms with E-state index in [-0.39, 0.29) is 19.7 Å². The Bertz CT molecular complexity index is 461. The van der Waals surface area contributed by atoms with Gasteiger partial charge in [0.1, 0.15) is 12.4 Å². The zero-order valence-electron chi connectivity index (χ0n) is 10.8. The van der Waals surface area contributed by atoms with Crippen molar-refractivity contribution in [1.29, 1.82) is 0 Å². The van der Waals surface area contributed by atoms with Gasteiger partial charge in [-0.2, -0.15) is 17.9 Å². The van der Waals surface area contributed by atoms with E-state index in [0.29, 0.717) is 18.0 Å². The third-order valence-corrected chi connectivity index (χ3v) is 3.31. The first-order valence-corrected chi connectivity index (χ1v) is 7.23.